The molecule has 1 fully saturated rings. The van der Waals surface area contributed by atoms with Gasteiger partial charge in [-0.05, 0) is 57.3 Å². The van der Waals surface area contributed by atoms with Crippen LogP contribution in [0.25, 0.3) is 0 Å². The number of Topliss-reactive ketones (excluding diaryl/α,β-unsaturated/α-hetero) is 2. The number of methoxy groups -OCH3 is 1. The van der Waals surface area contributed by atoms with Crippen LogP contribution in [-0.4, -0.2) is 81.2 Å². The zero-order valence-electron chi connectivity index (χ0n) is 22.3. The quantitative estimate of drug-likeness (QED) is 0.287. The fourth-order valence-electron chi connectivity index (χ4n) is 7.25. The predicted molar refractivity (Wildman–Crippen MR) is 139 cm³/mol. The number of phenolic OH excluding ortho intramolecular Hbond substituents is 1. The number of benzene rings is 1. The second-order valence-corrected chi connectivity index (χ2v) is 10.7. The molecule has 0 saturated carbocycles. The number of hydrogen-bond donors (Lipinski definition) is 6. The number of phenols is 1. The Balaban J connectivity index is 1.68. The average Bonchev–Trinajstić information content (AvgIpc) is 3.37. The molecule has 1 aromatic rings. The third-order valence-corrected chi connectivity index (χ3v) is 8.94. The fraction of sp³-hybridized carbons (Fsp3) is 0.536. The number of hydrogen-bond acceptors (Lipinski definition) is 10. The van der Waals surface area contributed by atoms with Crippen molar-refractivity contribution < 1.29 is 39.5 Å². The number of aliphatic hydroxyl groups is 3. The van der Waals surface area contributed by atoms with Crippen LogP contribution in [0.2, 0.25) is 0 Å². The molecule has 0 unspecified atom stereocenters. The summed E-state index contributed by atoms with van der Waals surface area (Å²) in [7, 11) is 1.52. The van der Waals surface area contributed by atoms with Crippen molar-refractivity contribution in [1.29, 1.82) is 0 Å². The fourth-order valence-corrected chi connectivity index (χ4v) is 7.25. The number of allylic oxidation sites excluding steroid dienone is 1. The van der Waals surface area contributed by atoms with E-state index in [-0.39, 0.29) is 35.8 Å². The van der Waals surface area contributed by atoms with Crippen molar-refractivity contribution in [3.63, 3.8) is 0 Å². The van der Waals surface area contributed by atoms with E-state index in [0.717, 1.165) is 31.5 Å². The van der Waals surface area contributed by atoms with Gasteiger partial charge in [-0.3, -0.25) is 19.3 Å². The van der Waals surface area contributed by atoms with E-state index >= 15 is 0 Å². The second-order valence-electron chi connectivity index (χ2n) is 10.7. The maximum atomic E-state index is 13.9. The molecule has 0 spiro atoms. The third-order valence-electron chi connectivity index (χ3n) is 8.94. The van der Waals surface area contributed by atoms with Crippen molar-refractivity contribution in [3.8, 4) is 11.5 Å². The Hall–Kier alpha value is -3.41. The van der Waals surface area contributed by atoms with E-state index in [4.69, 9.17) is 10.5 Å². The highest BCUT2D eigenvalue weighted by Gasteiger charge is 2.62. The Bertz CT molecular complexity index is 1330. The molecule has 11 nitrogen and oxygen atoms in total. The van der Waals surface area contributed by atoms with Crippen molar-refractivity contribution in [2.24, 2.45) is 17.6 Å². The standard InChI is InChI=1S/C28H35N3O8/c1-4-30-21-15-10-12-9-14-19(17(32)11-13(24(14)39-3)16-7-6-8-31(16)5-2)22(33)18(12)25(35)28(15,38)26(36)20(23(21)34)27(29)37/h11-12,15-16,21,30,32,34-35,38H,4-10H2,1-3H3,(H2,29,37)/t12-,15-,16-,21-,28-/m0/s1. The normalized spacial score (nSPS) is 30.8. The van der Waals surface area contributed by atoms with Crippen molar-refractivity contribution in [3.05, 3.63) is 45.4 Å². The number of amides is 1. The zero-order chi connectivity index (χ0) is 28.4. The van der Waals surface area contributed by atoms with Gasteiger partial charge in [-0.25, -0.2) is 0 Å². The van der Waals surface area contributed by atoms with E-state index in [2.05, 4.69) is 17.1 Å². The Morgan fingerprint density at radius 1 is 1.26 bits per heavy atom. The van der Waals surface area contributed by atoms with Gasteiger partial charge in [0.05, 0.1) is 18.7 Å². The molecular formula is C28H35N3O8. The summed E-state index contributed by atoms with van der Waals surface area (Å²) in [4.78, 5) is 41.6. The number of rotatable bonds is 6. The Morgan fingerprint density at radius 3 is 2.59 bits per heavy atom. The van der Waals surface area contributed by atoms with Gasteiger partial charge in [-0.15, -0.1) is 0 Å². The molecular weight excluding hydrogens is 506 g/mol. The molecule has 1 heterocycles. The summed E-state index contributed by atoms with van der Waals surface area (Å²) in [6, 6.07) is 0.478. The van der Waals surface area contributed by atoms with Gasteiger partial charge < -0.3 is 36.2 Å². The third kappa shape index (κ3) is 3.70. The number of likely N-dealkylation sites (tertiary alicyclic amines) is 1. The number of primary amides is 1. The molecule has 210 valence electrons. The molecule has 1 amide bonds. The maximum Gasteiger partial charge on any atom is 0.255 e. The largest absolute Gasteiger partial charge is 0.510 e. The van der Waals surface area contributed by atoms with Gasteiger partial charge >= 0.3 is 0 Å². The zero-order valence-corrected chi connectivity index (χ0v) is 22.3. The summed E-state index contributed by atoms with van der Waals surface area (Å²) in [5.74, 6) is -6.22. The van der Waals surface area contributed by atoms with Crippen LogP contribution in [0.15, 0.2) is 28.7 Å². The summed E-state index contributed by atoms with van der Waals surface area (Å²) in [6.45, 7) is 5.85. The van der Waals surface area contributed by atoms with E-state index in [1.54, 1.807) is 6.92 Å². The van der Waals surface area contributed by atoms with Crippen LogP contribution in [0.5, 0.6) is 11.5 Å². The van der Waals surface area contributed by atoms with E-state index in [1.807, 2.05) is 0 Å². The second kappa shape index (κ2) is 9.65. The van der Waals surface area contributed by atoms with Crippen LogP contribution in [0.3, 0.4) is 0 Å². The predicted octanol–water partition coefficient (Wildman–Crippen LogP) is 1.33. The number of aromatic hydroxyl groups is 1. The van der Waals surface area contributed by atoms with Crippen LogP contribution >= 0.6 is 0 Å². The highest BCUT2D eigenvalue weighted by Crippen LogP contribution is 2.54. The summed E-state index contributed by atoms with van der Waals surface area (Å²) < 4.78 is 5.84. The number of ketones is 2. The van der Waals surface area contributed by atoms with E-state index in [1.165, 1.54) is 13.2 Å². The Labute approximate surface area is 225 Å². The molecule has 5 rings (SSSR count). The minimum absolute atomic E-state index is 0.0152. The number of ether oxygens (including phenoxy) is 1. The van der Waals surface area contributed by atoms with Gasteiger partial charge in [-0.2, -0.15) is 0 Å². The number of carbonyl (C=O) groups is 3. The molecule has 1 aromatic carbocycles. The van der Waals surface area contributed by atoms with Crippen molar-refractivity contribution in [2.45, 2.75) is 57.2 Å². The molecule has 39 heavy (non-hydrogen) atoms. The molecule has 1 aliphatic heterocycles. The summed E-state index contributed by atoms with van der Waals surface area (Å²) in [5.41, 5.74) is 2.93. The van der Waals surface area contributed by atoms with Gasteiger partial charge in [0, 0.05) is 28.7 Å². The lowest BCUT2D eigenvalue weighted by Crippen LogP contribution is -2.64. The summed E-state index contributed by atoms with van der Waals surface area (Å²) in [6.07, 6.45) is 2.09. The smallest absolute Gasteiger partial charge is 0.255 e. The van der Waals surface area contributed by atoms with Gasteiger partial charge in [0.15, 0.2) is 11.4 Å². The van der Waals surface area contributed by atoms with Crippen molar-refractivity contribution in [1.82, 2.24) is 10.2 Å². The minimum Gasteiger partial charge on any atom is -0.510 e. The SMILES string of the molecule is CCN[C@@H]1C(O)=C(C(N)=O)C(=O)[C@@]2(O)C(O)=C3C(=O)c4c(O)cc([C@@H]5CCCN5CC)c(OC)c4C[C@H]3C[C@@H]12. The number of nitrogens with two attached hydrogens (primary N) is 1. The molecule has 5 atom stereocenters. The average molecular weight is 542 g/mol. The van der Waals surface area contributed by atoms with E-state index in [9.17, 15) is 34.8 Å². The number of aliphatic hydroxyl groups excluding tert-OH is 2. The van der Waals surface area contributed by atoms with Gasteiger partial charge in [0.2, 0.25) is 5.78 Å². The maximum absolute atomic E-state index is 13.9. The lowest BCUT2D eigenvalue weighted by molar-refractivity contribution is -0.146. The molecule has 7 N–H and O–H groups in total. The van der Waals surface area contributed by atoms with Crippen LogP contribution in [0.1, 0.15) is 60.6 Å². The van der Waals surface area contributed by atoms with Gasteiger partial charge in [-0.1, -0.05) is 13.8 Å². The minimum atomic E-state index is -2.66. The summed E-state index contributed by atoms with van der Waals surface area (Å²) in [5, 5.41) is 48.0. The van der Waals surface area contributed by atoms with Crippen molar-refractivity contribution >= 4 is 17.5 Å². The first-order valence-corrected chi connectivity index (χ1v) is 13.4. The van der Waals surface area contributed by atoms with Crippen LogP contribution < -0.4 is 15.8 Å². The molecule has 0 bridgehead atoms. The summed E-state index contributed by atoms with van der Waals surface area (Å²) >= 11 is 0. The van der Waals surface area contributed by atoms with Crippen LogP contribution in [-0.2, 0) is 16.0 Å². The number of carbonyl (C=O) groups excluding carboxylic acids is 3. The first kappa shape index (κ1) is 27.2. The molecule has 1 saturated heterocycles. The molecule has 4 aliphatic rings. The topological polar surface area (TPSA) is 183 Å². The van der Waals surface area contributed by atoms with Gasteiger partial charge in [0.1, 0.15) is 28.6 Å². The number of likely N-dealkylation sites (N-methyl/N-ethyl adjacent to an activating group) is 1. The molecule has 0 radical (unpaired) electrons. The van der Waals surface area contributed by atoms with Crippen LogP contribution in [0, 0.1) is 11.8 Å². The molecule has 3 aliphatic carbocycles. The first-order valence-electron chi connectivity index (χ1n) is 13.4. The molecule has 0 aromatic heterocycles. The number of nitrogens with zero attached hydrogens (tertiary/aromatic N) is 1. The first-order chi connectivity index (χ1) is 18.5. The Kier molecular flexibility index (Phi) is 6.72. The monoisotopic (exact) mass is 541 g/mol. The number of nitrogens with one attached hydrogen (secondary N) is 1. The molecule has 11 heteroatoms. The Morgan fingerprint density at radius 2 is 1.97 bits per heavy atom. The van der Waals surface area contributed by atoms with Crippen LogP contribution in [0.4, 0.5) is 0 Å². The highest BCUT2D eigenvalue weighted by atomic mass is 16.5. The van der Waals surface area contributed by atoms with Crippen molar-refractivity contribution in [2.75, 3.05) is 26.7 Å². The van der Waals surface area contributed by atoms with E-state index in [0.29, 0.717) is 17.9 Å². The lowest BCUT2D eigenvalue weighted by atomic mass is 9.58. The lowest BCUT2D eigenvalue weighted by Gasteiger charge is -2.49. The highest BCUT2D eigenvalue weighted by molar-refractivity contribution is 6.24. The van der Waals surface area contributed by atoms with E-state index < -0.39 is 58.0 Å². The van der Waals surface area contributed by atoms with Gasteiger partial charge in [0.25, 0.3) is 5.91 Å². The number of fused-ring (bicyclic) bond motifs is 3.